The largest absolute Gasteiger partial charge is 0.505 e. The van der Waals surface area contributed by atoms with Crippen molar-refractivity contribution in [2.24, 2.45) is 0 Å². The van der Waals surface area contributed by atoms with Crippen LogP contribution in [0.15, 0.2) is 41.3 Å². The standard InChI is InChI=1S/C18H11Cl3N2O4S/c19-10-3-1-2-4-13(10)22-15(24)8-23-17(26)14(28-18(23)27)7-9-5-11(20)16(25)12(21)6-9/h1-7,25H,8H2,(H,22,24)/b14-7+. The number of benzene rings is 2. The molecule has 1 heterocycles. The molecule has 2 aromatic rings. The van der Waals surface area contributed by atoms with Gasteiger partial charge in [-0.15, -0.1) is 0 Å². The fraction of sp³-hybridized carbons (Fsp3) is 0.0556. The lowest BCUT2D eigenvalue weighted by Gasteiger charge is -2.13. The lowest BCUT2D eigenvalue weighted by Crippen LogP contribution is -2.36. The summed E-state index contributed by atoms with van der Waals surface area (Å²) in [5.74, 6) is -1.46. The minimum Gasteiger partial charge on any atom is -0.505 e. The fourth-order valence-electron chi connectivity index (χ4n) is 2.35. The predicted octanol–water partition coefficient (Wildman–Crippen LogP) is 5.03. The average molecular weight is 458 g/mol. The van der Waals surface area contributed by atoms with Gasteiger partial charge in [-0.2, -0.15) is 0 Å². The molecule has 3 rings (SSSR count). The Morgan fingerprint density at radius 2 is 1.75 bits per heavy atom. The summed E-state index contributed by atoms with van der Waals surface area (Å²) in [7, 11) is 0. The molecule has 0 saturated carbocycles. The maximum absolute atomic E-state index is 12.5. The Labute approximate surface area is 179 Å². The quantitative estimate of drug-likeness (QED) is 0.629. The van der Waals surface area contributed by atoms with Crippen molar-refractivity contribution in [3.05, 3.63) is 61.9 Å². The second-order valence-electron chi connectivity index (χ2n) is 5.63. The molecule has 1 saturated heterocycles. The van der Waals surface area contributed by atoms with Crippen molar-refractivity contribution in [3.8, 4) is 5.75 Å². The van der Waals surface area contributed by atoms with Crippen LogP contribution in [-0.2, 0) is 9.59 Å². The Hall–Kier alpha value is -2.19. The molecule has 0 aromatic heterocycles. The van der Waals surface area contributed by atoms with Crippen LogP contribution in [0.2, 0.25) is 15.1 Å². The molecule has 2 N–H and O–H groups in total. The topological polar surface area (TPSA) is 86.7 Å². The van der Waals surface area contributed by atoms with Gasteiger partial charge >= 0.3 is 0 Å². The SMILES string of the molecule is O=C(CN1C(=O)S/C(=C/c2cc(Cl)c(O)c(Cl)c2)C1=O)Nc1ccccc1Cl. The number of hydrogen-bond donors (Lipinski definition) is 2. The van der Waals surface area contributed by atoms with E-state index >= 15 is 0 Å². The van der Waals surface area contributed by atoms with Crippen LogP contribution < -0.4 is 5.32 Å². The molecule has 144 valence electrons. The summed E-state index contributed by atoms with van der Waals surface area (Å²) >= 11 is 18.4. The molecule has 1 aliphatic heterocycles. The number of phenolic OH excluding ortho intramolecular Hbond substituents is 1. The molecule has 0 unspecified atom stereocenters. The molecule has 28 heavy (non-hydrogen) atoms. The molecule has 1 aliphatic rings. The van der Waals surface area contributed by atoms with Gasteiger partial charge in [-0.05, 0) is 47.7 Å². The van der Waals surface area contributed by atoms with E-state index < -0.39 is 23.6 Å². The monoisotopic (exact) mass is 456 g/mol. The minimum atomic E-state index is -0.621. The average Bonchev–Trinajstić information content (AvgIpc) is 2.89. The molecule has 0 bridgehead atoms. The molecule has 6 nitrogen and oxygen atoms in total. The van der Waals surface area contributed by atoms with Crippen molar-refractivity contribution in [2.45, 2.75) is 0 Å². The summed E-state index contributed by atoms with van der Waals surface area (Å²) in [5, 5.41) is 11.9. The summed E-state index contributed by atoms with van der Waals surface area (Å²) in [6.45, 7) is -0.454. The van der Waals surface area contributed by atoms with E-state index in [1.165, 1.54) is 18.2 Å². The van der Waals surface area contributed by atoms with E-state index in [0.717, 1.165) is 4.90 Å². The number of rotatable bonds is 4. The van der Waals surface area contributed by atoms with E-state index in [1.807, 2.05) is 0 Å². The number of phenols is 1. The molecular formula is C18H11Cl3N2O4S. The van der Waals surface area contributed by atoms with Crippen molar-refractivity contribution >= 4 is 75.4 Å². The smallest absolute Gasteiger partial charge is 0.294 e. The molecule has 0 radical (unpaired) electrons. The maximum atomic E-state index is 12.5. The number of nitrogens with zero attached hydrogens (tertiary/aromatic N) is 1. The Morgan fingerprint density at radius 1 is 1.11 bits per heavy atom. The lowest BCUT2D eigenvalue weighted by molar-refractivity contribution is -0.127. The number of carbonyl (C=O) groups excluding carboxylic acids is 3. The molecule has 1 fully saturated rings. The number of carbonyl (C=O) groups is 3. The van der Waals surface area contributed by atoms with Crippen molar-refractivity contribution in [2.75, 3.05) is 11.9 Å². The maximum Gasteiger partial charge on any atom is 0.294 e. The highest BCUT2D eigenvalue weighted by Crippen LogP contribution is 2.36. The molecule has 0 atom stereocenters. The van der Waals surface area contributed by atoms with Crippen LogP contribution in [0, 0.1) is 0 Å². The van der Waals surface area contributed by atoms with Gasteiger partial charge < -0.3 is 10.4 Å². The number of amides is 3. The third-order valence-corrected chi connectivity index (χ3v) is 5.47. The van der Waals surface area contributed by atoms with Crippen molar-refractivity contribution in [3.63, 3.8) is 0 Å². The highest BCUT2D eigenvalue weighted by Gasteiger charge is 2.36. The van der Waals surface area contributed by atoms with E-state index in [4.69, 9.17) is 34.8 Å². The van der Waals surface area contributed by atoms with Crippen LogP contribution in [0.4, 0.5) is 10.5 Å². The number of hydrogen-bond acceptors (Lipinski definition) is 5. The van der Waals surface area contributed by atoms with E-state index in [-0.39, 0.29) is 20.7 Å². The van der Waals surface area contributed by atoms with Gasteiger partial charge in [-0.3, -0.25) is 19.3 Å². The number of thioether (sulfide) groups is 1. The number of halogens is 3. The van der Waals surface area contributed by atoms with Gasteiger partial charge in [0.2, 0.25) is 5.91 Å². The first-order chi connectivity index (χ1) is 13.3. The lowest BCUT2D eigenvalue weighted by atomic mass is 10.2. The number of nitrogens with one attached hydrogen (secondary N) is 1. The summed E-state index contributed by atoms with van der Waals surface area (Å²) < 4.78 is 0. The minimum absolute atomic E-state index is 0.0112. The van der Waals surface area contributed by atoms with Crippen LogP contribution in [0.1, 0.15) is 5.56 Å². The van der Waals surface area contributed by atoms with Crippen molar-refractivity contribution < 1.29 is 19.5 Å². The predicted molar refractivity (Wildman–Crippen MR) is 111 cm³/mol. The van der Waals surface area contributed by atoms with Gasteiger partial charge in [0, 0.05) is 0 Å². The highest BCUT2D eigenvalue weighted by atomic mass is 35.5. The van der Waals surface area contributed by atoms with E-state index in [0.29, 0.717) is 28.0 Å². The number of aromatic hydroxyl groups is 1. The van der Waals surface area contributed by atoms with Crippen LogP contribution in [0.5, 0.6) is 5.75 Å². The molecule has 2 aromatic carbocycles. The number of para-hydroxylation sites is 1. The molecule has 0 spiro atoms. The van der Waals surface area contributed by atoms with Crippen LogP contribution >= 0.6 is 46.6 Å². The normalized spacial score (nSPS) is 15.4. The zero-order valence-corrected chi connectivity index (χ0v) is 17.0. The second-order valence-corrected chi connectivity index (χ2v) is 7.84. The zero-order valence-electron chi connectivity index (χ0n) is 13.9. The van der Waals surface area contributed by atoms with Gasteiger partial charge in [-0.1, -0.05) is 46.9 Å². The Kier molecular flexibility index (Phi) is 6.20. The van der Waals surface area contributed by atoms with Gasteiger partial charge in [0.1, 0.15) is 6.54 Å². The summed E-state index contributed by atoms with van der Waals surface area (Å²) in [4.78, 5) is 37.8. The van der Waals surface area contributed by atoms with Gasteiger partial charge in [-0.25, -0.2) is 0 Å². The Balaban J connectivity index is 1.75. The Morgan fingerprint density at radius 3 is 2.39 bits per heavy atom. The summed E-state index contributed by atoms with van der Waals surface area (Å²) in [6.07, 6.45) is 1.41. The van der Waals surface area contributed by atoms with Gasteiger partial charge in [0.05, 0.1) is 25.7 Å². The first-order valence-corrected chi connectivity index (χ1v) is 9.69. The third-order valence-electron chi connectivity index (χ3n) is 3.66. The Bertz CT molecular complexity index is 1000. The molecule has 3 amide bonds. The number of imide groups is 1. The summed E-state index contributed by atoms with van der Waals surface area (Å²) in [5.41, 5.74) is 0.809. The molecule has 0 aliphatic carbocycles. The second kappa shape index (κ2) is 8.45. The van der Waals surface area contributed by atoms with Crippen molar-refractivity contribution in [1.82, 2.24) is 4.90 Å². The van der Waals surface area contributed by atoms with Crippen LogP contribution in [-0.4, -0.2) is 33.6 Å². The molecule has 10 heteroatoms. The van der Waals surface area contributed by atoms with Gasteiger partial charge in [0.25, 0.3) is 11.1 Å². The summed E-state index contributed by atoms with van der Waals surface area (Å²) in [6, 6.07) is 9.42. The fourth-order valence-corrected chi connectivity index (χ4v) is 3.88. The van der Waals surface area contributed by atoms with Crippen LogP contribution in [0.25, 0.3) is 6.08 Å². The highest BCUT2D eigenvalue weighted by molar-refractivity contribution is 8.18. The third kappa shape index (κ3) is 4.44. The zero-order chi connectivity index (χ0) is 20.4. The van der Waals surface area contributed by atoms with E-state index in [9.17, 15) is 19.5 Å². The van der Waals surface area contributed by atoms with Gasteiger partial charge in [0.15, 0.2) is 5.75 Å². The number of anilines is 1. The first-order valence-electron chi connectivity index (χ1n) is 7.74. The van der Waals surface area contributed by atoms with Crippen molar-refractivity contribution in [1.29, 1.82) is 0 Å². The van der Waals surface area contributed by atoms with E-state index in [1.54, 1.807) is 24.3 Å². The van der Waals surface area contributed by atoms with E-state index in [2.05, 4.69) is 5.32 Å². The van der Waals surface area contributed by atoms with Crippen LogP contribution in [0.3, 0.4) is 0 Å². The molecular weight excluding hydrogens is 447 g/mol. The first kappa shape index (κ1) is 20.5.